The molecule has 1 heterocycles. The molecule has 0 saturated heterocycles. The van der Waals surface area contributed by atoms with Crippen molar-refractivity contribution in [2.75, 3.05) is 5.32 Å². The van der Waals surface area contributed by atoms with Crippen molar-refractivity contribution in [3.05, 3.63) is 59.3 Å². The Morgan fingerprint density at radius 1 is 1.29 bits per heavy atom. The van der Waals surface area contributed by atoms with Crippen LogP contribution in [-0.2, 0) is 4.79 Å². The number of aryl methyl sites for hydroxylation is 1. The van der Waals surface area contributed by atoms with Crippen LogP contribution in [0.2, 0.25) is 0 Å². The van der Waals surface area contributed by atoms with E-state index in [4.69, 9.17) is 9.52 Å². The number of hydrogen-bond donors (Lipinski definition) is 2. The van der Waals surface area contributed by atoms with Gasteiger partial charge in [-0.25, -0.2) is 9.18 Å². The van der Waals surface area contributed by atoms with Gasteiger partial charge >= 0.3 is 5.97 Å². The van der Waals surface area contributed by atoms with Gasteiger partial charge in [0, 0.05) is 6.08 Å². The molecule has 2 rings (SSSR count). The number of furan rings is 1. The van der Waals surface area contributed by atoms with Crippen LogP contribution in [-0.4, -0.2) is 17.0 Å². The van der Waals surface area contributed by atoms with Crippen molar-refractivity contribution >= 4 is 23.6 Å². The smallest absolute Gasteiger partial charge is 0.340 e. The van der Waals surface area contributed by atoms with Crippen LogP contribution < -0.4 is 5.32 Å². The van der Waals surface area contributed by atoms with E-state index < -0.39 is 23.3 Å². The summed E-state index contributed by atoms with van der Waals surface area (Å²) in [6.07, 6.45) is 2.61. The second-order valence-corrected chi connectivity index (χ2v) is 4.24. The third-order valence-electron chi connectivity index (χ3n) is 2.65. The van der Waals surface area contributed by atoms with Gasteiger partial charge in [-0.05, 0) is 37.3 Å². The molecule has 0 unspecified atom stereocenters. The Hall–Kier alpha value is -2.89. The number of carboxylic acids is 1. The van der Waals surface area contributed by atoms with Gasteiger partial charge in [-0.15, -0.1) is 0 Å². The van der Waals surface area contributed by atoms with E-state index in [2.05, 4.69) is 5.32 Å². The Balaban J connectivity index is 2.15. The van der Waals surface area contributed by atoms with Gasteiger partial charge in [0.25, 0.3) is 0 Å². The normalized spacial score (nSPS) is 10.8. The molecule has 2 aromatic rings. The van der Waals surface area contributed by atoms with Crippen LogP contribution in [0, 0.1) is 12.7 Å². The van der Waals surface area contributed by atoms with Crippen molar-refractivity contribution in [2.45, 2.75) is 6.92 Å². The van der Waals surface area contributed by atoms with Gasteiger partial charge in [0.05, 0.1) is 5.69 Å². The highest BCUT2D eigenvalue weighted by Crippen LogP contribution is 2.19. The zero-order valence-electron chi connectivity index (χ0n) is 11.1. The molecule has 0 saturated carbocycles. The number of amides is 1. The van der Waals surface area contributed by atoms with Crippen LogP contribution in [0.1, 0.15) is 21.9 Å². The predicted molar refractivity (Wildman–Crippen MR) is 74.5 cm³/mol. The summed E-state index contributed by atoms with van der Waals surface area (Å²) in [6, 6.07) is 7.07. The van der Waals surface area contributed by atoms with Gasteiger partial charge in [-0.1, -0.05) is 6.07 Å². The van der Waals surface area contributed by atoms with Crippen molar-refractivity contribution in [1.82, 2.24) is 0 Å². The minimum atomic E-state index is -1.45. The lowest BCUT2D eigenvalue weighted by Gasteiger charge is -2.06. The molecule has 0 radical (unpaired) electrons. The van der Waals surface area contributed by atoms with Gasteiger partial charge < -0.3 is 14.8 Å². The molecule has 0 spiro atoms. The molecule has 5 nitrogen and oxygen atoms in total. The zero-order chi connectivity index (χ0) is 15.4. The van der Waals surface area contributed by atoms with Crippen molar-refractivity contribution in [2.24, 2.45) is 0 Å². The van der Waals surface area contributed by atoms with Crippen LogP contribution in [0.3, 0.4) is 0 Å². The molecule has 1 aromatic carbocycles. The first-order valence-corrected chi connectivity index (χ1v) is 6.04. The first kappa shape index (κ1) is 14.5. The summed E-state index contributed by atoms with van der Waals surface area (Å²) in [5, 5.41) is 11.3. The van der Waals surface area contributed by atoms with Gasteiger partial charge in [-0.3, -0.25) is 4.79 Å². The topological polar surface area (TPSA) is 79.5 Å². The molecular formula is C15H12FNO4. The largest absolute Gasteiger partial charge is 0.478 e. The number of carbonyl (C=O) groups is 2. The van der Waals surface area contributed by atoms with E-state index in [0.29, 0.717) is 11.5 Å². The van der Waals surface area contributed by atoms with Crippen LogP contribution >= 0.6 is 0 Å². The summed E-state index contributed by atoms with van der Waals surface area (Å²) in [4.78, 5) is 22.7. The Kier molecular flexibility index (Phi) is 4.18. The van der Waals surface area contributed by atoms with Gasteiger partial charge in [-0.2, -0.15) is 0 Å². The lowest BCUT2D eigenvalue weighted by atomic mass is 10.1. The van der Waals surface area contributed by atoms with E-state index in [0.717, 1.165) is 6.07 Å². The standard InChI is InChI=1S/C15H12FNO4/c1-9-5-6-10(21-9)7-8-13(18)17-12-4-2-3-11(16)14(12)15(19)20/h2-8H,1H3,(H,17,18)(H,19,20)/b8-7+. The van der Waals surface area contributed by atoms with E-state index >= 15 is 0 Å². The minimum Gasteiger partial charge on any atom is -0.478 e. The molecule has 1 amide bonds. The summed E-state index contributed by atoms with van der Waals surface area (Å²) >= 11 is 0. The molecule has 1 aromatic heterocycles. The van der Waals surface area contributed by atoms with Crippen LogP contribution in [0.4, 0.5) is 10.1 Å². The summed E-state index contributed by atoms with van der Waals surface area (Å²) < 4.78 is 18.7. The SMILES string of the molecule is Cc1ccc(/C=C/C(=O)Nc2cccc(F)c2C(=O)O)o1. The number of hydrogen-bond acceptors (Lipinski definition) is 3. The third-order valence-corrected chi connectivity index (χ3v) is 2.65. The monoisotopic (exact) mass is 289 g/mol. The molecule has 0 atom stereocenters. The quantitative estimate of drug-likeness (QED) is 0.848. The van der Waals surface area contributed by atoms with E-state index in [9.17, 15) is 14.0 Å². The van der Waals surface area contributed by atoms with Crippen molar-refractivity contribution < 1.29 is 23.5 Å². The lowest BCUT2D eigenvalue weighted by molar-refractivity contribution is -0.111. The highest BCUT2D eigenvalue weighted by molar-refractivity contribution is 6.06. The third kappa shape index (κ3) is 3.56. The Morgan fingerprint density at radius 3 is 2.67 bits per heavy atom. The number of anilines is 1. The molecule has 0 bridgehead atoms. The van der Waals surface area contributed by atoms with E-state index in [1.807, 2.05) is 0 Å². The van der Waals surface area contributed by atoms with E-state index in [-0.39, 0.29) is 5.69 Å². The molecular weight excluding hydrogens is 277 g/mol. The first-order valence-electron chi connectivity index (χ1n) is 6.04. The Bertz CT molecular complexity index is 718. The Labute approximate surface area is 119 Å². The van der Waals surface area contributed by atoms with Crippen LogP contribution in [0.5, 0.6) is 0 Å². The highest BCUT2D eigenvalue weighted by atomic mass is 19.1. The molecule has 6 heteroatoms. The van der Waals surface area contributed by atoms with Gasteiger partial charge in [0.15, 0.2) is 0 Å². The van der Waals surface area contributed by atoms with Gasteiger partial charge in [0.1, 0.15) is 22.9 Å². The Morgan fingerprint density at radius 2 is 2.05 bits per heavy atom. The molecule has 0 fully saturated rings. The summed E-state index contributed by atoms with van der Waals surface area (Å²) in [6.45, 7) is 1.77. The second-order valence-electron chi connectivity index (χ2n) is 4.24. The number of nitrogens with one attached hydrogen (secondary N) is 1. The summed E-state index contributed by atoms with van der Waals surface area (Å²) in [5.74, 6) is -1.76. The molecule has 0 aliphatic rings. The van der Waals surface area contributed by atoms with Crippen molar-refractivity contribution in [3.8, 4) is 0 Å². The van der Waals surface area contributed by atoms with Crippen molar-refractivity contribution in [1.29, 1.82) is 0 Å². The predicted octanol–water partition coefficient (Wildman–Crippen LogP) is 3.08. The fourth-order valence-corrected chi connectivity index (χ4v) is 1.72. The summed E-state index contributed by atoms with van der Waals surface area (Å²) in [7, 11) is 0. The maximum Gasteiger partial charge on any atom is 0.340 e. The first-order chi connectivity index (χ1) is 9.97. The number of halogens is 1. The van der Waals surface area contributed by atoms with E-state index in [1.54, 1.807) is 19.1 Å². The minimum absolute atomic E-state index is 0.104. The highest BCUT2D eigenvalue weighted by Gasteiger charge is 2.16. The maximum absolute atomic E-state index is 13.4. The fourth-order valence-electron chi connectivity index (χ4n) is 1.72. The summed E-state index contributed by atoms with van der Waals surface area (Å²) in [5.41, 5.74) is -0.680. The number of carbonyl (C=O) groups excluding carboxylic acids is 1. The number of aromatic carboxylic acids is 1. The van der Waals surface area contributed by atoms with Crippen LogP contribution in [0.15, 0.2) is 40.8 Å². The molecule has 21 heavy (non-hydrogen) atoms. The number of carboxylic acid groups (broad SMARTS) is 1. The number of rotatable bonds is 4. The molecule has 0 aliphatic carbocycles. The molecule has 2 N–H and O–H groups in total. The zero-order valence-corrected chi connectivity index (χ0v) is 11.1. The fraction of sp³-hybridized carbons (Fsp3) is 0.0667. The van der Waals surface area contributed by atoms with Crippen molar-refractivity contribution in [3.63, 3.8) is 0 Å². The van der Waals surface area contributed by atoms with Crippen LogP contribution in [0.25, 0.3) is 6.08 Å². The average Bonchev–Trinajstić information content (AvgIpc) is 2.82. The maximum atomic E-state index is 13.4. The van der Waals surface area contributed by atoms with E-state index in [1.165, 1.54) is 24.3 Å². The van der Waals surface area contributed by atoms with Gasteiger partial charge in [0.2, 0.25) is 5.91 Å². The molecule has 0 aliphatic heterocycles. The average molecular weight is 289 g/mol. The second kappa shape index (κ2) is 6.04. The lowest BCUT2D eigenvalue weighted by Crippen LogP contribution is -2.13. The molecule has 108 valence electrons. The number of benzene rings is 1.